The lowest BCUT2D eigenvalue weighted by Gasteiger charge is -2.12. The first-order valence-corrected chi connectivity index (χ1v) is 5.40. The van der Waals surface area contributed by atoms with Gasteiger partial charge in [0.05, 0.1) is 5.69 Å². The molecule has 0 bridgehead atoms. The number of aryl methyl sites for hydroxylation is 2. The molecule has 5 nitrogen and oxygen atoms in total. The molecule has 16 heavy (non-hydrogen) atoms. The molecule has 1 aromatic rings. The first-order chi connectivity index (χ1) is 7.52. The van der Waals surface area contributed by atoms with Crippen LogP contribution in [0.1, 0.15) is 42.8 Å². The Balaban J connectivity index is 2.41. The summed E-state index contributed by atoms with van der Waals surface area (Å²) in [6, 6.07) is 0.139. The first kappa shape index (κ1) is 12.7. The molecule has 0 fully saturated rings. The van der Waals surface area contributed by atoms with Crippen LogP contribution in [0.15, 0.2) is 4.52 Å². The van der Waals surface area contributed by atoms with E-state index in [0.29, 0.717) is 13.0 Å². The molecule has 0 saturated heterocycles. The highest BCUT2D eigenvalue weighted by Gasteiger charge is 2.15. The van der Waals surface area contributed by atoms with Gasteiger partial charge in [-0.05, 0) is 33.7 Å². The van der Waals surface area contributed by atoms with Gasteiger partial charge in [-0.2, -0.15) is 0 Å². The Morgan fingerprint density at radius 3 is 2.75 bits per heavy atom. The third kappa shape index (κ3) is 3.34. The fraction of sp³-hybridized carbons (Fsp3) is 0.636. The van der Waals surface area contributed by atoms with Gasteiger partial charge in [-0.25, -0.2) is 0 Å². The van der Waals surface area contributed by atoms with Crippen molar-refractivity contribution >= 4 is 5.97 Å². The highest BCUT2D eigenvalue weighted by atomic mass is 16.5. The van der Waals surface area contributed by atoms with E-state index in [-0.39, 0.29) is 12.5 Å². The van der Waals surface area contributed by atoms with Crippen molar-refractivity contribution in [1.82, 2.24) is 10.5 Å². The Labute approximate surface area is 94.8 Å². The molecule has 0 spiro atoms. The zero-order valence-electron chi connectivity index (χ0n) is 9.91. The zero-order valence-corrected chi connectivity index (χ0v) is 9.91. The highest BCUT2D eigenvalue weighted by molar-refractivity contribution is 5.66. The molecule has 1 heterocycles. The molecule has 0 aliphatic rings. The Morgan fingerprint density at radius 2 is 2.25 bits per heavy atom. The van der Waals surface area contributed by atoms with Crippen molar-refractivity contribution in [3.8, 4) is 0 Å². The smallest absolute Gasteiger partial charge is 0.303 e. The number of aromatic nitrogens is 1. The van der Waals surface area contributed by atoms with E-state index < -0.39 is 5.97 Å². The van der Waals surface area contributed by atoms with Crippen LogP contribution in [0.25, 0.3) is 0 Å². The number of hydrogen-bond acceptors (Lipinski definition) is 4. The van der Waals surface area contributed by atoms with Crippen molar-refractivity contribution in [2.24, 2.45) is 0 Å². The molecule has 0 aliphatic carbocycles. The number of rotatable bonds is 6. The quantitative estimate of drug-likeness (QED) is 0.723. The molecule has 90 valence electrons. The van der Waals surface area contributed by atoms with Gasteiger partial charge in [0.15, 0.2) is 0 Å². The monoisotopic (exact) mass is 226 g/mol. The van der Waals surface area contributed by atoms with Crippen LogP contribution in [0.5, 0.6) is 0 Å². The van der Waals surface area contributed by atoms with Crippen molar-refractivity contribution in [2.45, 2.75) is 39.7 Å². The predicted molar refractivity (Wildman–Crippen MR) is 59.3 cm³/mol. The summed E-state index contributed by atoms with van der Waals surface area (Å²) < 4.78 is 5.08. The third-order valence-corrected chi connectivity index (χ3v) is 2.54. The van der Waals surface area contributed by atoms with E-state index in [9.17, 15) is 4.79 Å². The SMILES string of the molecule is Cc1noc(C)c1C(C)NCCCC(=O)O. The summed E-state index contributed by atoms with van der Waals surface area (Å²) in [6.07, 6.45) is 0.824. The number of carboxylic acids is 1. The van der Waals surface area contributed by atoms with Gasteiger partial charge in [0.1, 0.15) is 5.76 Å². The van der Waals surface area contributed by atoms with Crippen LogP contribution in [0, 0.1) is 13.8 Å². The molecule has 0 amide bonds. The number of aliphatic carboxylic acids is 1. The molecular formula is C11H18N2O3. The van der Waals surface area contributed by atoms with Gasteiger partial charge in [0, 0.05) is 18.0 Å². The normalized spacial score (nSPS) is 12.7. The predicted octanol–water partition coefficient (Wildman–Crippen LogP) is 1.81. The van der Waals surface area contributed by atoms with Crippen LogP contribution in [0.3, 0.4) is 0 Å². The van der Waals surface area contributed by atoms with Crippen molar-refractivity contribution in [3.63, 3.8) is 0 Å². The standard InChI is InChI=1S/C11H18N2O3/c1-7(12-6-4-5-10(14)15)11-8(2)13-16-9(11)3/h7,12H,4-6H2,1-3H3,(H,14,15). The van der Waals surface area contributed by atoms with Gasteiger partial charge in [0.25, 0.3) is 0 Å². The molecule has 0 radical (unpaired) electrons. The van der Waals surface area contributed by atoms with Crippen LogP contribution in [0.2, 0.25) is 0 Å². The van der Waals surface area contributed by atoms with E-state index in [1.807, 2.05) is 20.8 Å². The molecular weight excluding hydrogens is 208 g/mol. The summed E-state index contributed by atoms with van der Waals surface area (Å²) in [5, 5.41) is 15.6. The van der Waals surface area contributed by atoms with E-state index in [2.05, 4.69) is 10.5 Å². The fourth-order valence-electron chi connectivity index (χ4n) is 1.77. The Bertz CT molecular complexity index is 341. The molecule has 1 atom stereocenters. The van der Waals surface area contributed by atoms with Crippen LogP contribution < -0.4 is 5.32 Å². The number of hydrogen-bond donors (Lipinski definition) is 2. The second kappa shape index (κ2) is 5.65. The van der Waals surface area contributed by atoms with Crippen molar-refractivity contribution in [1.29, 1.82) is 0 Å². The molecule has 1 rings (SSSR count). The number of nitrogens with one attached hydrogen (secondary N) is 1. The van der Waals surface area contributed by atoms with Crippen LogP contribution in [0.4, 0.5) is 0 Å². The fourth-order valence-corrected chi connectivity index (χ4v) is 1.77. The Hall–Kier alpha value is -1.36. The molecule has 0 aromatic carbocycles. The van der Waals surface area contributed by atoms with E-state index >= 15 is 0 Å². The largest absolute Gasteiger partial charge is 0.481 e. The highest BCUT2D eigenvalue weighted by Crippen LogP contribution is 2.20. The maximum Gasteiger partial charge on any atom is 0.303 e. The van der Waals surface area contributed by atoms with Gasteiger partial charge in [0.2, 0.25) is 0 Å². The summed E-state index contributed by atoms with van der Waals surface area (Å²) in [5.41, 5.74) is 1.95. The van der Waals surface area contributed by atoms with E-state index in [1.54, 1.807) is 0 Å². The van der Waals surface area contributed by atoms with Crippen molar-refractivity contribution in [2.75, 3.05) is 6.54 Å². The maximum atomic E-state index is 10.3. The van der Waals surface area contributed by atoms with Gasteiger partial charge in [-0.3, -0.25) is 4.79 Å². The van der Waals surface area contributed by atoms with E-state index in [4.69, 9.17) is 9.63 Å². The zero-order chi connectivity index (χ0) is 12.1. The molecule has 1 unspecified atom stereocenters. The van der Waals surface area contributed by atoms with E-state index in [1.165, 1.54) is 0 Å². The van der Waals surface area contributed by atoms with Crippen LogP contribution >= 0.6 is 0 Å². The van der Waals surface area contributed by atoms with Gasteiger partial charge < -0.3 is 14.9 Å². The van der Waals surface area contributed by atoms with Gasteiger partial charge in [-0.15, -0.1) is 0 Å². The lowest BCUT2D eigenvalue weighted by molar-refractivity contribution is -0.137. The van der Waals surface area contributed by atoms with Crippen molar-refractivity contribution < 1.29 is 14.4 Å². The minimum absolute atomic E-state index is 0.139. The molecule has 0 saturated carbocycles. The summed E-state index contributed by atoms with van der Waals surface area (Å²) in [6.45, 7) is 6.48. The topological polar surface area (TPSA) is 75.4 Å². The lowest BCUT2D eigenvalue weighted by atomic mass is 10.1. The summed E-state index contributed by atoms with van der Waals surface area (Å²) in [5.74, 6) is 0.0579. The van der Waals surface area contributed by atoms with Crippen LogP contribution in [-0.2, 0) is 4.79 Å². The third-order valence-electron chi connectivity index (χ3n) is 2.54. The molecule has 2 N–H and O–H groups in total. The van der Waals surface area contributed by atoms with Gasteiger partial charge in [-0.1, -0.05) is 5.16 Å². The average Bonchev–Trinajstić information content (AvgIpc) is 2.53. The van der Waals surface area contributed by atoms with E-state index in [0.717, 1.165) is 17.0 Å². The molecule has 5 heteroatoms. The number of carbonyl (C=O) groups is 1. The summed E-state index contributed by atoms with van der Waals surface area (Å²) in [7, 11) is 0. The van der Waals surface area contributed by atoms with Gasteiger partial charge >= 0.3 is 5.97 Å². The lowest BCUT2D eigenvalue weighted by Crippen LogP contribution is -2.21. The molecule has 0 aliphatic heterocycles. The first-order valence-electron chi connectivity index (χ1n) is 5.40. The van der Waals surface area contributed by atoms with Crippen LogP contribution in [-0.4, -0.2) is 22.8 Å². The van der Waals surface area contributed by atoms with Crippen molar-refractivity contribution in [3.05, 3.63) is 17.0 Å². The second-order valence-corrected chi connectivity index (χ2v) is 3.91. The Kier molecular flexibility index (Phi) is 4.49. The Morgan fingerprint density at radius 1 is 1.56 bits per heavy atom. The number of nitrogens with zero attached hydrogens (tertiary/aromatic N) is 1. The summed E-state index contributed by atoms with van der Waals surface area (Å²) in [4.78, 5) is 10.3. The minimum atomic E-state index is -0.758. The minimum Gasteiger partial charge on any atom is -0.481 e. The second-order valence-electron chi connectivity index (χ2n) is 3.91. The molecule has 1 aromatic heterocycles. The number of carboxylic acid groups (broad SMARTS) is 1. The maximum absolute atomic E-state index is 10.3. The summed E-state index contributed by atoms with van der Waals surface area (Å²) >= 11 is 0. The average molecular weight is 226 g/mol.